The van der Waals surface area contributed by atoms with Crippen molar-refractivity contribution in [2.24, 2.45) is 0 Å². The van der Waals surface area contributed by atoms with E-state index in [1.54, 1.807) is 11.3 Å². The average Bonchev–Trinajstić information content (AvgIpc) is 3.28. The Morgan fingerprint density at radius 3 is 2.66 bits per heavy atom. The lowest BCUT2D eigenvalue weighted by molar-refractivity contribution is 0.102. The summed E-state index contributed by atoms with van der Waals surface area (Å²) < 4.78 is 15.9. The lowest BCUT2D eigenvalue weighted by Gasteiger charge is -2.12. The van der Waals surface area contributed by atoms with Gasteiger partial charge in [0.1, 0.15) is 0 Å². The highest BCUT2D eigenvalue weighted by atomic mass is 32.1. The first-order chi connectivity index (χ1) is 14.1. The number of amides is 1. The first-order valence-electron chi connectivity index (χ1n) is 9.53. The summed E-state index contributed by atoms with van der Waals surface area (Å²) in [6.45, 7) is 2.02. The van der Waals surface area contributed by atoms with Crippen LogP contribution >= 0.6 is 20.0 Å². The maximum atomic E-state index is 12.7. The molecule has 0 radical (unpaired) electrons. The van der Waals surface area contributed by atoms with Crippen LogP contribution in [0, 0.1) is 0 Å². The second-order valence-electron chi connectivity index (χ2n) is 6.73. The first kappa shape index (κ1) is 21.3. The third-order valence-corrected chi connectivity index (χ3v) is 6.20. The summed E-state index contributed by atoms with van der Waals surface area (Å²) in [5.74, 6) is -0.198. The fourth-order valence-corrected chi connectivity index (χ4v) is 4.26. The van der Waals surface area contributed by atoms with E-state index in [9.17, 15) is 9.36 Å². The molecule has 152 valence electrons. The van der Waals surface area contributed by atoms with Crippen molar-refractivity contribution in [2.45, 2.75) is 32.3 Å². The quantitative estimate of drug-likeness (QED) is 0.341. The van der Waals surface area contributed by atoms with Gasteiger partial charge in [0.15, 0.2) is 8.69 Å². The number of nitrogens with two attached hydrogens (primary N) is 1. The largest absolute Gasteiger partial charge is 0.397 e. The number of carbonyl (C=O) groups is 1. The van der Waals surface area contributed by atoms with Crippen molar-refractivity contribution in [3.05, 3.63) is 71.1 Å². The molecule has 2 atom stereocenters. The minimum atomic E-state index is -1.18. The van der Waals surface area contributed by atoms with Gasteiger partial charge in [-0.1, -0.05) is 31.2 Å². The molecule has 3 N–H and O–H groups in total. The number of aryl methyl sites for hydroxylation is 1. The minimum absolute atomic E-state index is 0.0177. The summed E-state index contributed by atoms with van der Waals surface area (Å²) in [7, 11) is -1.18. The topological polar surface area (TPSA) is 81.4 Å². The van der Waals surface area contributed by atoms with Crippen molar-refractivity contribution in [1.82, 2.24) is 0 Å². The number of benzene rings is 2. The van der Waals surface area contributed by atoms with Gasteiger partial charge in [0.2, 0.25) is 0 Å². The van der Waals surface area contributed by atoms with E-state index in [0.29, 0.717) is 16.9 Å². The van der Waals surface area contributed by atoms with Crippen molar-refractivity contribution in [3.63, 3.8) is 0 Å². The van der Waals surface area contributed by atoms with E-state index in [-0.39, 0.29) is 12.0 Å². The molecule has 0 aliphatic heterocycles. The standard InChI is InChI=1S/C22H25N2O3PS/c1-2-18(27-28-26)11-7-15-5-8-16(9-6-15)22(25)24-20-14-17(10-12-19(20)23)21-4-3-13-29-21/h3-6,8-10,12-14,18H,2,7,11,23,28H2,1H3,(H,24,25). The van der Waals surface area contributed by atoms with Gasteiger partial charge < -0.3 is 15.6 Å². The fraction of sp³-hybridized carbons (Fsp3) is 0.227. The monoisotopic (exact) mass is 428 g/mol. The maximum Gasteiger partial charge on any atom is 0.255 e. The van der Waals surface area contributed by atoms with Crippen LogP contribution in [0.4, 0.5) is 11.4 Å². The van der Waals surface area contributed by atoms with Crippen LogP contribution < -0.4 is 11.1 Å². The van der Waals surface area contributed by atoms with Crippen molar-refractivity contribution in [1.29, 1.82) is 0 Å². The molecule has 0 spiro atoms. The first-order valence-corrected chi connectivity index (χ1v) is 11.4. The zero-order chi connectivity index (χ0) is 20.6. The number of hydrogen-bond acceptors (Lipinski definition) is 5. The highest BCUT2D eigenvalue weighted by molar-refractivity contribution is 7.17. The molecular weight excluding hydrogens is 403 g/mol. The number of rotatable bonds is 9. The molecule has 7 heteroatoms. The van der Waals surface area contributed by atoms with Crippen molar-refractivity contribution < 1.29 is 13.9 Å². The van der Waals surface area contributed by atoms with Gasteiger partial charge in [-0.05, 0) is 66.1 Å². The van der Waals surface area contributed by atoms with Crippen LogP contribution in [0.5, 0.6) is 0 Å². The van der Waals surface area contributed by atoms with Crippen LogP contribution in [0.3, 0.4) is 0 Å². The Morgan fingerprint density at radius 1 is 1.21 bits per heavy atom. The molecule has 3 rings (SSSR count). The maximum absolute atomic E-state index is 12.7. The van der Waals surface area contributed by atoms with Crippen LogP contribution in [0.25, 0.3) is 10.4 Å². The third kappa shape index (κ3) is 5.80. The number of hydrogen-bond donors (Lipinski definition) is 2. The molecule has 3 aromatic rings. The van der Waals surface area contributed by atoms with Gasteiger partial charge in [0.25, 0.3) is 5.91 Å². The molecule has 0 aliphatic carbocycles. The highest BCUT2D eigenvalue weighted by Gasteiger charge is 2.11. The predicted octanol–water partition coefficient (Wildman–Crippen LogP) is 5.65. The van der Waals surface area contributed by atoms with Gasteiger partial charge in [-0.2, -0.15) is 0 Å². The Bertz CT molecular complexity index is 959. The summed E-state index contributed by atoms with van der Waals surface area (Å²) in [6.07, 6.45) is 2.48. The van der Waals surface area contributed by atoms with Gasteiger partial charge in [-0.3, -0.25) is 9.36 Å². The molecule has 1 amide bonds. The Kier molecular flexibility index (Phi) is 7.64. The van der Waals surface area contributed by atoms with Crippen molar-refractivity contribution >= 4 is 37.3 Å². The van der Waals surface area contributed by atoms with Crippen LogP contribution in [-0.4, -0.2) is 12.0 Å². The van der Waals surface area contributed by atoms with Gasteiger partial charge in [0, 0.05) is 10.4 Å². The molecule has 0 saturated carbocycles. The van der Waals surface area contributed by atoms with Crippen LogP contribution in [0.1, 0.15) is 35.7 Å². The molecule has 1 aromatic heterocycles. The van der Waals surface area contributed by atoms with Gasteiger partial charge >= 0.3 is 0 Å². The summed E-state index contributed by atoms with van der Waals surface area (Å²) >= 11 is 1.64. The van der Waals surface area contributed by atoms with E-state index >= 15 is 0 Å². The second kappa shape index (κ2) is 10.4. The van der Waals surface area contributed by atoms with Gasteiger partial charge in [-0.25, -0.2) is 0 Å². The lowest BCUT2D eigenvalue weighted by Crippen LogP contribution is -2.13. The molecule has 5 nitrogen and oxygen atoms in total. The molecule has 0 bridgehead atoms. The zero-order valence-corrected chi connectivity index (χ0v) is 18.2. The molecule has 1 heterocycles. The summed E-state index contributed by atoms with van der Waals surface area (Å²) in [5.41, 5.74) is 9.90. The number of carbonyl (C=O) groups excluding carboxylic acids is 1. The van der Waals surface area contributed by atoms with Crippen LogP contribution in [0.15, 0.2) is 60.0 Å². The third-order valence-electron chi connectivity index (χ3n) is 4.78. The van der Waals surface area contributed by atoms with E-state index in [0.717, 1.165) is 35.3 Å². The number of thiophene rings is 1. The highest BCUT2D eigenvalue weighted by Crippen LogP contribution is 2.30. The van der Waals surface area contributed by atoms with E-state index in [1.165, 1.54) is 0 Å². The minimum Gasteiger partial charge on any atom is -0.397 e. The Morgan fingerprint density at radius 2 is 2.00 bits per heavy atom. The molecule has 2 aromatic carbocycles. The fourth-order valence-electron chi connectivity index (χ4n) is 3.05. The SMILES string of the molecule is CCC(CCc1ccc(C(=O)Nc2cc(-c3cccs3)ccc2N)cc1)O[PH2]=O. The zero-order valence-electron chi connectivity index (χ0n) is 16.3. The van der Waals surface area contributed by atoms with E-state index < -0.39 is 8.69 Å². The number of nitrogen functional groups attached to an aromatic ring is 1. The molecule has 2 unspecified atom stereocenters. The van der Waals surface area contributed by atoms with E-state index in [4.69, 9.17) is 10.3 Å². The second-order valence-corrected chi connectivity index (χ2v) is 8.14. The van der Waals surface area contributed by atoms with Crippen LogP contribution in [0.2, 0.25) is 0 Å². The van der Waals surface area contributed by atoms with Crippen molar-refractivity contribution in [2.75, 3.05) is 11.1 Å². The van der Waals surface area contributed by atoms with E-state index in [2.05, 4.69) is 5.32 Å². The molecule has 29 heavy (non-hydrogen) atoms. The lowest BCUT2D eigenvalue weighted by atomic mass is 10.0. The number of anilines is 2. The summed E-state index contributed by atoms with van der Waals surface area (Å²) in [4.78, 5) is 13.8. The number of nitrogens with one attached hydrogen (secondary N) is 1. The summed E-state index contributed by atoms with van der Waals surface area (Å²) in [6, 6.07) is 17.2. The van der Waals surface area contributed by atoms with Crippen LogP contribution in [-0.2, 0) is 15.5 Å². The molecule has 0 saturated heterocycles. The molecule has 0 fully saturated rings. The summed E-state index contributed by atoms with van der Waals surface area (Å²) in [5, 5.41) is 4.93. The molecule has 0 aliphatic rings. The Hall–Kier alpha value is -2.40. The molecular formula is C22H25N2O3PS. The Balaban J connectivity index is 1.65. The predicted molar refractivity (Wildman–Crippen MR) is 122 cm³/mol. The van der Waals surface area contributed by atoms with Gasteiger partial charge in [-0.15, -0.1) is 11.3 Å². The van der Waals surface area contributed by atoms with Crippen molar-refractivity contribution in [3.8, 4) is 10.4 Å². The van der Waals surface area contributed by atoms with E-state index in [1.807, 2.05) is 66.9 Å². The smallest absolute Gasteiger partial charge is 0.255 e. The van der Waals surface area contributed by atoms with Gasteiger partial charge in [0.05, 0.1) is 17.5 Å². The normalized spacial score (nSPS) is 12.3. The average molecular weight is 428 g/mol. The Labute approximate surface area is 176 Å².